The number of hydrogen-bond acceptors (Lipinski definition) is 4. The van der Waals surface area contributed by atoms with Crippen molar-refractivity contribution in [1.29, 1.82) is 0 Å². The van der Waals surface area contributed by atoms with Gasteiger partial charge in [-0.05, 0) is 17.9 Å². The average Bonchev–Trinajstić information content (AvgIpc) is 2.47. The van der Waals surface area contributed by atoms with Gasteiger partial charge < -0.3 is 10.6 Å². The first-order valence-electron chi connectivity index (χ1n) is 7.04. The van der Waals surface area contributed by atoms with Gasteiger partial charge >= 0.3 is 0 Å². The van der Waals surface area contributed by atoms with Crippen LogP contribution in [0, 0.1) is 0 Å². The maximum absolute atomic E-state index is 10.8. The Morgan fingerprint density at radius 2 is 1.85 bits per heavy atom. The van der Waals surface area contributed by atoms with Crippen LogP contribution in [0.2, 0.25) is 0 Å². The smallest absolute Gasteiger partial charge is 0.218 e. The van der Waals surface area contributed by atoms with Crippen LogP contribution in [-0.4, -0.2) is 54.7 Å². The fourth-order valence-electron chi connectivity index (χ4n) is 2.51. The molecule has 1 aliphatic heterocycles. The molecular weight excluding hydrogens is 270 g/mol. The van der Waals surface area contributed by atoms with E-state index in [-0.39, 0.29) is 5.91 Å². The molecule has 0 bridgehead atoms. The van der Waals surface area contributed by atoms with E-state index in [0.29, 0.717) is 6.42 Å². The Hall–Kier alpha value is -1.04. The Balaban J connectivity index is 1.81. The van der Waals surface area contributed by atoms with Crippen LogP contribution in [0.4, 0.5) is 0 Å². The van der Waals surface area contributed by atoms with Gasteiger partial charge in [0, 0.05) is 50.6 Å². The quantitative estimate of drug-likeness (QED) is 0.806. The van der Waals surface area contributed by atoms with Gasteiger partial charge in [-0.15, -0.1) is 11.8 Å². The topological polar surface area (TPSA) is 49.6 Å². The van der Waals surface area contributed by atoms with Crippen LogP contribution in [0.15, 0.2) is 29.2 Å². The number of nitrogens with two attached hydrogens (primary N) is 1. The molecule has 4 nitrogen and oxygen atoms in total. The SMILES string of the molecule is CSc1ccccc1CN1CCN(CCC(N)=O)CC1. The van der Waals surface area contributed by atoms with E-state index in [1.54, 1.807) is 0 Å². The van der Waals surface area contributed by atoms with Crippen LogP contribution in [0.5, 0.6) is 0 Å². The predicted octanol–water partition coefficient (Wildman–Crippen LogP) is 1.40. The minimum absolute atomic E-state index is 0.207. The van der Waals surface area contributed by atoms with E-state index < -0.39 is 0 Å². The summed E-state index contributed by atoms with van der Waals surface area (Å²) in [5.74, 6) is -0.207. The number of carbonyl (C=O) groups excluding carboxylic acids is 1. The zero-order chi connectivity index (χ0) is 14.4. The summed E-state index contributed by atoms with van der Waals surface area (Å²) < 4.78 is 0. The highest BCUT2D eigenvalue weighted by Gasteiger charge is 2.17. The largest absolute Gasteiger partial charge is 0.370 e. The number of piperazine rings is 1. The van der Waals surface area contributed by atoms with Gasteiger partial charge in [0.05, 0.1) is 0 Å². The van der Waals surface area contributed by atoms with E-state index in [1.807, 2.05) is 11.8 Å². The number of nitrogens with zero attached hydrogens (tertiary/aromatic N) is 2. The van der Waals surface area contributed by atoms with Crippen LogP contribution in [0.1, 0.15) is 12.0 Å². The highest BCUT2D eigenvalue weighted by Crippen LogP contribution is 2.21. The number of primary amides is 1. The molecule has 0 aliphatic carbocycles. The highest BCUT2D eigenvalue weighted by molar-refractivity contribution is 7.98. The van der Waals surface area contributed by atoms with E-state index in [0.717, 1.165) is 39.3 Å². The maximum Gasteiger partial charge on any atom is 0.218 e. The van der Waals surface area contributed by atoms with Gasteiger partial charge in [0.2, 0.25) is 5.91 Å². The third kappa shape index (κ3) is 4.51. The number of rotatable bonds is 6. The Labute approximate surface area is 125 Å². The number of hydrogen-bond donors (Lipinski definition) is 1. The second-order valence-corrected chi connectivity index (χ2v) is 5.99. The van der Waals surface area contributed by atoms with Crippen LogP contribution < -0.4 is 5.73 Å². The van der Waals surface area contributed by atoms with Crippen molar-refractivity contribution in [3.8, 4) is 0 Å². The standard InChI is InChI=1S/C15H23N3OS/c1-20-14-5-3-2-4-13(14)12-18-10-8-17(9-11-18)7-6-15(16)19/h2-5H,6-12H2,1H3,(H2,16,19). The molecule has 2 rings (SSSR count). The first-order valence-corrected chi connectivity index (χ1v) is 8.26. The van der Waals surface area contributed by atoms with Gasteiger partial charge in [-0.25, -0.2) is 0 Å². The first kappa shape index (κ1) is 15.4. The van der Waals surface area contributed by atoms with Crippen LogP contribution in [0.25, 0.3) is 0 Å². The Morgan fingerprint density at radius 3 is 2.50 bits per heavy atom. The molecule has 110 valence electrons. The summed E-state index contributed by atoms with van der Waals surface area (Å²) in [5, 5.41) is 0. The molecule has 1 fully saturated rings. The monoisotopic (exact) mass is 293 g/mol. The zero-order valence-electron chi connectivity index (χ0n) is 12.0. The van der Waals surface area contributed by atoms with E-state index >= 15 is 0 Å². The Kier molecular flexibility index (Phi) is 5.88. The molecular formula is C15H23N3OS. The zero-order valence-corrected chi connectivity index (χ0v) is 12.9. The molecule has 20 heavy (non-hydrogen) atoms. The second-order valence-electron chi connectivity index (χ2n) is 5.15. The minimum Gasteiger partial charge on any atom is -0.370 e. The highest BCUT2D eigenvalue weighted by atomic mass is 32.2. The lowest BCUT2D eigenvalue weighted by molar-refractivity contribution is -0.118. The van der Waals surface area contributed by atoms with Crippen molar-refractivity contribution in [2.45, 2.75) is 17.9 Å². The van der Waals surface area contributed by atoms with Crippen LogP contribution in [-0.2, 0) is 11.3 Å². The molecule has 0 spiro atoms. The molecule has 1 aromatic rings. The lowest BCUT2D eigenvalue weighted by Gasteiger charge is -2.34. The molecule has 0 aromatic heterocycles. The number of benzene rings is 1. The Morgan fingerprint density at radius 1 is 1.20 bits per heavy atom. The van der Waals surface area contributed by atoms with Crippen LogP contribution >= 0.6 is 11.8 Å². The molecule has 0 unspecified atom stereocenters. The predicted molar refractivity (Wildman–Crippen MR) is 83.8 cm³/mol. The summed E-state index contributed by atoms with van der Waals surface area (Å²) in [6, 6.07) is 8.60. The van der Waals surface area contributed by atoms with Crippen molar-refractivity contribution < 1.29 is 4.79 Å². The summed E-state index contributed by atoms with van der Waals surface area (Å²) in [7, 11) is 0. The van der Waals surface area contributed by atoms with Crippen molar-refractivity contribution in [2.24, 2.45) is 5.73 Å². The van der Waals surface area contributed by atoms with E-state index in [4.69, 9.17) is 5.73 Å². The normalized spacial score (nSPS) is 17.2. The van der Waals surface area contributed by atoms with Crippen molar-refractivity contribution in [1.82, 2.24) is 9.80 Å². The first-order chi connectivity index (χ1) is 9.69. The molecule has 1 heterocycles. The molecule has 2 N–H and O–H groups in total. The van der Waals surface area contributed by atoms with E-state index in [9.17, 15) is 4.79 Å². The van der Waals surface area contributed by atoms with E-state index in [1.165, 1.54) is 10.5 Å². The average molecular weight is 293 g/mol. The van der Waals surface area contributed by atoms with Crippen molar-refractivity contribution >= 4 is 17.7 Å². The summed E-state index contributed by atoms with van der Waals surface area (Å²) in [6.45, 7) is 5.97. The number of amides is 1. The van der Waals surface area contributed by atoms with Crippen molar-refractivity contribution in [3.63, 3.8) is 0 Å². The van der Waals surface area contributed by atoms with Gasteiger partial charge in [-0.2, -0.15) is 0 Å². The molecule has 1 amide bonds. The molecule has 0 radical (unpaired) electrons. The summed E-state index contributed by atoms with van der Waals surface area (Å²) in [6.07, 6.45) is 2.59. The third-order valence-corrected chi connectivity index (χ3v) is 4.56. The van der Waals surface area contributed by atoms with Crippen molar-refractivity contribution in [3.05, 3.63) is 29.8 Å². The summed E-state index contributed by atoms with van der Waals surface area (Å²) in [4.78, 5) is 17.0. The summed E-state index contributed by atoms with van der Waals surface area (Å²) in [5.41, 5.74) is 6.60. The third-order valence-electron chi connectivity index (χ3n) is 3.73. The van der Waals surface area contributed by atoms with Gasteiger partial charge in [-0.1, -0.05) is 18.2 Å². The summed E-state index contributed by atoms with van der Waals surface area (Å²) >= 11 is 1.81. The lowest BCUT2D eigenvalue weighted by Crippen LogP contribution is -2.46. The number of carbonyl (C=O) groups is 1. The van der Waals surface area contributed by atoms with Gasteiger partial charge in [0.1, 0.15) is 0 Å². The molecule has 0 atom stereocenters. The lowest BCUT2D eigenvalue weighted by atomic mass is 10.2. The maximum atomic E-state index is 10.8. The molecule has 5 heteroatoms. The van der Waals surface area contributed by atoms with E-state index in [2.05, 4.69) is 40.3 Å². The molecule has 0 saturated carbocycles. The number of thioether (sulfide) groups is 1. The fourth-order valence-corrected chi connectivity index (χ4v) is 3.12. The second kappa shape index (κ2) is 7.67. The molecule has 1 aliphatic rings. The molecule has 1 aromatic carbocycles. The Bertz CT molecular complexity index is 444. The van der Waals surface area contributed by atoms with Crippen molar-refractivity contribution in [2.75, 3.05) is 39.0 Å². The van der Waals surface area contributed by atoms with Gasteiger partial charge in [0.25, 0.3) is 0 Å². The van der Waals surface area contributed by atoms with Crippen LogP contribution in [0.3, 0.4) is 0 Å². The molecule has 1 saturated heterocycles. The fraction of sp³-hybridized carbons (Fsp3) is 0.533. The minimum atomic E-state index is -0.207. The van der Waals surface area contributed by atoms with Gasteiger partial charge in [0.15, 0.2) is 0 Å². The van der Waals surface area contributed by atoms with Gasteiger partial charge in [-0.3, -0.25) is 9.69 Å².